The topological polar surface area (TPSA) is 52.7 Å². The van der Waals surface area contributed by atoms with Crippen molar-refractivity contribution in [2.24, 2.45) is 5.41 Å². The van der Waals surface area contributed by atoms with Gasteiger partial charge in [-0.25, -0.2) is 0 Å². The Kier molecular flexibility index (Phi) is 3.95. The number of piperidine rings is 1. The van der Waals surface area contributed by atoms with E-state index in [2.05, 4.69) is 5.32 Å². The predicted octanol–water partition coefficient (Wildman–Crippen LogP) is 0.988. The van der Waals surface area contributed by atoms with Crippen molar-refractivity contribution in [3.63, 3.8) is 0 Å². The third-order valence-corrected chi connectivity index (χ3v) is 5.56. The Morgan fingerprint density at radius 2 is 2.00 bits per heavy atom. The van der Waals surface area contributed by atoms with E-state index < -0.39 is 0 Å². The molecule has 3 aliphatic rings. The maximum atomic E-state index is 12.8. The molecule has 3 saturated heterocycles. The lowest BCUT2D eigenvalue weighted by molar-refractivity contribution is -0.144. The first-order valence-electron chi connectivity index (χ1n) is 8.33. The van der Waals surface area contributed by atoms with Gasteiger partial charge in [-0.3, -0.25) is 9.59 Å². The highest BCUT2D eigenvalue weighted by Gasteiger charge is 2.43. The largest absolute Gasteiger partial charge is 0.341 e. The van der Waals surface area contributed by atoms with Crippen LogP contribution in [-0.2, 0) is 9.59 Å². The number of likely N-dealkylation sites (tertiary alicyclic amines) is 2. The molecule has 3 rings (SSSR count). The summed E-state index contributed by atoms with van der Waals surface area (Å²) in [6.07, 6.45) is 4.67. The average Bonchev–Trinajstić information content (AvgIpc) is 3.06. The van der Waals surface area contributed by atoms with Crippen LogP contribution in [0.2, 0.25) is 0 Å². The normalized spacial score (nSPS) is 28.9. The third-order valence-electron chi connectivity index (χ3n) is 5.56. The summed E-state index contributed by atoms with van der Waals surface area (Å²) in [5, 5.41) is 3.45. The van der Waals surface area contributed by atoms with E-state index in [4.69, 9.17) is 0 Å². The molecule has 1 spiro atoms. The number of hydrogen-bond acceptors (Lipinski definition) is 3. The molecule has 21 heavy (non-hydrogen) atoms. The minimum atomic E-state index is -0.215. The van der Waals surface area contributed by atoms with Crippen LogP contribution < -0.4 is 5.32 Å². The fourth-order valence-corrected chi connectivity index (χ4v) is 4.23. The van der Waals surface area contributed by atoms with Crippen LogP contribution in [0.25, 0.3) is 0 Å². The van der Waals surface area contributed by atoms with E-state index in [1.807, 2.05) is 18.7 Å². The second-order valence-corrected chi connectivity index (χ2v) is 7.20. The Morgan fingerprint density at radius 3 is 2.57 bits per heavy atom. The summed E-state index contributed by atoms with van der Waals surface area (Å²) in [7, 11) is 0. The van der Waals surface area contributed by atoms with Crippen LogP contribution in [-0.4, -0.2) is 59.9 Å². The highest BCUT2D eigenvalue weighted by molar-refractivity contribution is 5.91. The number of rotatable bonds is 2. The van der Waals surface area contributed by atoms with Gasteiger partial charge < -0.3 is 15.1 Å². The van der Waals surface area contributed by atoms with Gasteiger partial charge in [0, 0.05) is 32.1 Å². The first kappa shape index (κ1) is 14.8. The molecule has 0 radical (unpaired) electrons. The van der Waals surface area contributed by atoms with Gasteiger partial charge in [-0.05, 0) is 51.5 Å². The predicted molar refractivity (Wildman–Crippen MR) is 80.7 cm³/mol. The minimum absolute atomic E-state index is 0.115. The summed E-state index contributed by atoms with van der Waals surface area (Å²) < 4.78 is 0. The molecule has 5 nitrogen and oxygen atoms in total. The van der Waals surface area contributed by atoms with E-state index in [0.717, 1.165) is 39.0 Å². The fraction of sp³-hybridized carbons (Fsp3) is 0.875. The van der Waals surface area contributed by atoms with Gasteiger partial charge in [0.15, 0.2) is 0 Å². The van der Waals surface area contributed by atoms with E-state index in [1.54, 1.807) is 4.90 Å². The molecule has 0 saturated carbocycles. The van der Waals surface area contributed by atoms with Gasteiger partial charge in [0.1, 0.15) is 6.04 Å². The molecule has 0 aromatic rings. The van der Waals surface area contributed by atoms with Crippen LogP contribution in [0.5, 0.6) is 0 Å². The Balaban J connectivity index is 1.62. The van der Waals surface area contributed by atoms with Gasteiger partial charge in [-0.1, -0.05) is 0 Å². The SMILES string of the molecule is CC(C)N1C(=O)CC[C@H]1C(=O)N1CCC2(CCNC2)CC1. The van der Waals surface area contributed by atoms with Crippen molar-refractivity contribution in [3.05, 3.63) is 0 Å². The van der Waals surface area contributed by atoms with Crippen molar-refractivity contribution < 1.29 is 9.59 Å². The summed E-state index contributed by atoms with van der Waals surface area (Å²) >= 11 is 0. The first-order chi connectivity index (χ1) is 10.0. The molecule has 3 aliphatic heterocycles. The molecule has 0 bridgehead atoms. The maximum Gasteiger partial charge on any atom is 0.245 e. The molecule has 0 aromatic carbocycles. The van der Waals surface area contributed by atoms with Gasteiger partial charge in [0.05, 0.1) is 0 Å². The number of carbonyl (C=O) groups is 2. The summed E-state index contributed by atoms with van der Waals surface area (Å²) in [5.41, 5.74) is 0.431. The smallest absolute Gasteiger partial charge is 0.245 e. The Bertz CT molecular complexity index is 419. The molecule has 3 fully saturated rings. The van der Waals surface area contributed by atoms with Crippen LogP contribution in [0.4, 0.5) is 0 Å². The maximum absolute atomic E-state index is 12.8. The standard InChI is InChI=1S/C16H27N3O2/c1-12(2)19-13(3-4-14(19)20)15(21)18-9-6-16(7-10-18)5-8-17-11-16/h12-13,17H,3-11H2,1-2H3/t13-/m0/s1. The van der Waals surface area contributed by atoms with E-state index in [1.165, 1.54) is 6.42 Å². The van der Waals surface area contributed by atoms with Crippen LogP contribution in [0.1, 0.15) is 46.0 Å². The van der Waals surface area contributed by atoms with Crippen molar-refractivity contribution in [2.75, 3.05) is 26.2 Å². The van der Waals surface area contributed by atoms with Gasteiger partial charge in [0.25, 0.3) is 0 Å². The van der Waals surface area contributed by atoms with Crippen molar-refractivity contribution in [3.8, 4) is 0 Å². The molecular weight excluding hydrogens is 266 g/mol. The fourth-order valence-electron chi connectivity index (χ4n) is 4.23. The number of amides is 2. The van der Waals surface area contributed by atoms with Gasteiger partial charge >= 0.3 is 0 Å². The van der Waals surface area contributed by atoms with Gasteiger partial charge in [-0.2, -0.15) is 0 Å². The van der Waals surface area contributed by atoms with Crippen LogP contribution in [0.15, 0.2) is 0 Å². The monoisotopic (exact) mass is 293 g/mol. The zero-order valence-electron chi connectivity index (χ0n) is 13.2. The van der Waals surface area contributed by atoms with E-state index in [9.17, 15) is 9.59 Å². The molecule has 2 amide bonds. The summed E-state index contributed by atoms with van der Waals surface area (Å²) in [5.74, 6) is 0.312. The van der Waals surface area contributed by atoms with E-state index in [-0.39, 0.29) is 23.9 Å². The Hall–Kier alpha value is -1.10. The lowest BCUT2D eigenvalue weighted by Crippen LogP contribution is -2.52. The third kappa shape index (κ3) is 2.68. The lowest BCUT2D eigenvalue weighted by atomic mass is 9.77. The van der Waals surface area contributed by atoms with Crippen LogP contribution >= 0.6 is 0 Å². The quantitative estimate of drug-likeness (QED) is 0.826. The highest BCUT2D eigenvalue weighted by Crippen LogP contribution is 2.37. The number of carbonyl (C=O) groups excluding carboxylic acids is 2. The second-order valence-electron chi connectivity index (χ2n) is 7.20. The van der Waals surface area contributed by atoms with Gasteiger partial charge in [-0.15, -0.1) is 0 Å². The summed E-state index contributed by atoms with van der Waals surface area (Å²) in [4.78, 5) is 28.5. The molecule has 0 aliphatic carbocycles. The van der Waals surface area contributed by atoms with Crippen molar-refractivity contribution in [1.29, 1.82) is 0 Å². The number of nitrogens with one attached hydrogen (secondary N) is 1. The molecule has 0 aromatic heterocycles. The molecule has 3 heterocycles. The molecule has 5 heteroatoms. The highest BCUT2D eigenvalue weighted by atomic mass is 16.2. The zero-order chi connectivity index (χ0) is 15.0. The first-order valence-corrected chi connectivity index (χ1v) is 8.33. The molecule has 118 valence electrons. The van der Waals surface area contributed by atoms with Crippen molar-refractivity contribution in [1.82, 2.24) is 15.1 Å². The summed E-state index contributed by atoms with van der Waals surface area (Å²) in [6.45, 7) is 7.94. The Morgan fingerprint density at radius 1 is 1.29 bits per heavy atom. The lowest BCUT2D eigenvalue weighted by Gasteiger charge is -2.41. The molecule has 1 atom stereocenters. The van der Waals surface area contributed by atoms with Crippen molar-refractivity contribution >= 4 is 11.8 Å². The number of hydrogen-bond donors (Lipinski definition) is 1. The summed E-state index contributed by atoms with van der Waals surface area (Å²) in [6, 6.07) is -0.0997. The minimum Gasteiger partial charge on any atom is -0.341 e. The van der Waals surface area contributed by atoms with Crippen molar-refractivity contribution in [2.45, 2.75) is 58.0 Å². The van der Waals surface area contributed by atoms with E-state index in [0.29, 0.717) is 18.3 Å². The van der Waals surface area contributed by atoms with Gasteiger partial charge in [0.2, 0.25) is 11.8 Å². The zero-order valence-corrected chi connectivity index (χ0v) is 13.2. The molecule has 0 unspecified atom stereocenters. The van der Waals surface area contributed by atoms with Crippen LogP contribution in [0.3, 0.4) is 0 Å². The Labute approximate surface area is 127 Å². The van der Waals surface area contributed by atoms with E-state index >= 15 is 0 Å². The number of nitrogens with zero attached hydrogens (tertiary/aromatic N) is 2. The van der Waals surface area contributed by atoms with Crippen LogP contribution in [0, 0.1) is 5.41 Å². The second kappa shape index (κ2) is 5.59. The average molecular weight is 293 g/mol. The molecule has 1 N–H and O–H groups in total. The molecular formula is C16H27N3O2.